The minimum absolute atomic E-state index is 0.289. The molecule has 0 fully saturated rings. The first-order valence-corrected chi connectivity index (χ1v) is 5.21. The van der Waals surface area contributed by atoms with Gasteiger partial charge in [-0.25, -0.2) is 0 Å². The largest absolute Gasteiger partial charge is 0.416 e. The zero-order valence-electron chi connectivity index (χ0n) is 9.33. The summed E-state index contributed by atoms with van der Waals surface area (Å²) in [5.74, 6) is 0. The summed E-state index contributed by atoms with van der Waals surface area (Å²) in [5.41, 5.74) is 12.2. The summed E-state index contributed by atoms with van der Waals surface area (Å²) in [4.78, 5) is 0. The third kappa shape index (κ3) is 2.25. The molecule has 0 aliphatic heterocycles. The van der Waals surface area contributed by atoms with Crippen molar-refractivity contribution in [2.75, 3.05) is 11.5 Å². The number of halogens is 3. The van der Waals surface area contributed by atoms with Crippen molar-refractivity contribution in [3.05, 3.63) is 48.0 Å². The van der Waals surface area contributed by atoms with Crippen molar-refractivity contribution in [3.63, 3.8) is 0 Å². The maximum atomic E-state index is 12.6. The van der Waals surface area contributed by atoms with Crippen LogP contribution in [0.15, 0.2) is 42.5 Å². The van der Waals surface area contributed by atoms with E-state index in [0.29, 0.717) is 16.8 Å². The van der Waals surface area contributed by atoms with Crippen LogP contribution in [0.25, 0.3) is 11.1 Å². The van der Waals surface area contributed by atoms with Crippen LogP contribution in [0.4, 0.5) is 24.5 Å². The Balaban J connectivity index is 2.55. The van der Waals surface area contributed by atoms with E-state index in [1.807, 2.05) is 0 Å². The molecular formula is C13H11F3N2. The lowest BCUT2D eigenvalue weighted by Crippen LogP contribution is -2.05. The summed E-state index contributed by atoms with van der Waals surface area (Å²) in [6, 6.07) is 9.90. The standard InChI is InChI=1S/C13H11F3N2/c14-13(15,16)9-4-1-3-8(7-9)10-5-2-6-11(17)12(10)18/h1-7H,17-18H2. The number of anilines is 2. The van der Waals surface area contributed by atoms with Crippen molar-refractivity contribution in [3.8, 4) is 11.1 Å². The van der Waals surface area contributed by atoms with E-state index >= 15 is 0 Å². The average molecular weight is 252 g/mol. The van der Waals surface area contributed by atoms with Gasteiger partial charge < -0.3 is 11.5 Å². The molecule has 2 rings (SSSR count). The molecule has 0 atom stereocenters. The predicted octanol–water partition coefficient (Wildman–Crippen LogP) is 3.54. The molecular weight excluding hydrogens is 241 g/mol. The zero-order valence-corrected chi connectivity index (χ0v) is 9.33. The van der Waals surface area contributed by atoms with E-state index in [4.69, 9.17) is 11.5 Å². The van der Waals surface area contributed by atoms with Crippen molar-refractivity contribution in [2.45, 2.75) is 6.18 Å². The Morgan fingerprint density at radius 2 is 1.56 bits per heavy atom. The van der Waals surface area contributed by atoms with E-state index in [9.17, 15) is 13.2 Å². The normalized spacial score (nSPS) is 11.5. The van der Waals surface area contributed by atoms with Crippen LogP contribution >= 0.6 is 0 Å². The van der Waals surface area contributed by atoms with Crippen LogP contribution in [0.3, 0.4) is 0 Å². The molecule has 0 aliphatic carbocycles. The number of nitrogens with two attached hydrogens (primary N) is 2. The van der Waals surface area contributed by atoms with E-state index in [2.05, 4.69) is 0 Å². The van der Waals surface area contributed by atoms with E-state index in [0.717, 1.165) is 12.1 Å². The molecule has 0 bridgehead atoms. The lowest BCUT2D eigenvalue weighted by molar-refractivity contribution is -0.137. The minimum atomic E-state index is -4.37. The molecule has 0 unspecified atom stereocenters. The van der Waals surface area contributed by atoms with Gasteiger partial charge in [-0.2, -0.15) is 13.2 Å². The quantitative estimate of drug-likeness (QED) is 0.763. The number of rotatable bonds is 1. The van der Waals surface area contributed by atoms with Crippen LogP contribution in [-0.4, -0.2) is 0 Å². The van der Waals surface area contributed by atoms with Crippen LogP contribution in [0.2, 0.25) is 0 Å². The van der Waals surface area contributed by atoms with Crippen LogP contribution < -0.4 is 11.5 Å². The van der Waals surface area contributed by atoms with Gasteiger partial charge in [0.25, 0.3) is 0 Å². The van der Waals surface area contributed by atoms with Gasteiger partial charge in [0, 0.05) is 5.56 Å². The van der Waals surface area contributed by atoms with Gasteiger partial charge in [0.2, 0.25) is 0 Å². The molecule has 94 valence electrons. The monoisotopic (exact) mass is 252 g/mol. The second kappa shape index (κ2) is 4.25. The molecule has 5 heteroatoms. The number of alkyl halides is 3. The van der Waals surface area contributed by atoms with Crippen molar-refractivity contribution in [1.82, 2.24) is 0 Å². The molecule has 0 radical (unpaired) electrons. The van der Waals surface area contributed by atoms with Crippen molar-refractivity contribution in [1.29, 1.82) is 0 Å². The smallest absolute Gasteiger partial charge is 0.397 e. The molecule has 4 N–H and O–H groups in total. The van der Waals surface area contributed by atoms with Crippen molar-refractivity contribution >= 4 is 11.4 Å². The van der Waals surface area contributed by atoms with Crippen molar-refractivity contribution in [2.24, 2.45) is 0 Å². The van der Waals surface area contributed by atoms with E-state index in [1.165, 1.54) is 6.07 Å². The highest BCUT2D eigenvalue weighted by Gasteiger charge is 2.30. The highest BCUT2D eigenvalue weighted by atomic mass is 19.4. The summed E-state index contributed by atoms with van der Waals surface area (Å²) in [5, 5.41) is 0. The maximum Gasteiger partial charge on any atom is 0.416 e. The first-order chi connectivity index (χ1) is 8.39. The minimum Gasteiger partial charge on any atom is -0.397 e. The summed E-state index contributed by atoms with van der Waals surface area (Å²) in [6.07, 6.45) is -4.37. The highest BCUT2D eigenvalue weighted by molar-refractivity contribution is 5.84. The Bertz CT molecular complexity index is 577. The Kier molecular flexibility index (Phi) is 2.90. The average Bonchev–Trinajstić information content (AvgIpc) is 2.32. The fraction of sp³-hybridized carbons (Fsp3) is 0.0769. The van der Waals surface area contributed by atoms with Gasteiger partial charge in [0.1, 0.15) is 0 Å². The summed E-state index contributed by atoms with van der Waals surface area (Å²) in [6.45, 7) is 0. The second-order valence-electron chi connectivity index (χ2n) is 3.89. The SMILES string of the molecule is Nc1cccc(-c2cccc(C(F)(F)F)c2)c1N. The van der Waals surface area contributed by atoms with E-state index in [-0.39, 0.29) is 5.69 Å². The van der Waals surface area contributed by atoms with Gasteiger partial charge in [-0.15, -0.1) is 0 Å². The Hall–Kier alpha value is -2.17. The number of hydrogen-bond donors (Lipinski definition) is 2. The molecule has 0 saturated heterocycles. The molecule has 0 heterocycles. The van der Waals surface area contributed by atoms with Gasteiger partial charge in [-0.05, 0) is 23.8 Å². The fourth-order valence-corrected chi connectivity index (χ4v) is 1.70. The Morgan fingerprint density at radius 3 is 2.22 bits per heavy atom. The third-order valence-corrected chi connectivity index (χ3v) is 2.64. The van der Waals surface area contributed by atoms with Gasteiger partial charge in [-0.1, -0.05) is 24.3 Å². The Morgan fingerprint density at radius 1 is 0.889 bits per heavy atom. The zero-order chi connectivity index (χ0) is 13.3. The Labute approximate surface area is 102 Å². The number of nitrogen functional groups attached to an aromatic ring is 2. The number of para-hydroxylation sites is 1. The topological polar surface area (TPSA) is 52.0 Å². The van der Waals surface area contributed by atoms with E-state index in [1.54, 1.807) is 24.3 Å². The molecule has 0 amide bonds. The molecule has 0 aromatic heterocycles. The predicted molar refractivity (Wildman–Crippen MR) is 65.7 cm³/mol. The summed E-state index contributed by atoms with van der Waals surface area (Å²) in [7, 11) is 0. The van der Waals surface area contributed by atoms with Crippen LogP contribution in [0, 0.1) is 0 Å². The molecule has 0 spiro atoms. The molecule has 2 nitrogen and oxygen atoms in total. The maximum absolute atomic E-state index is 12.6. The lowest BCUT2D eigenvalue weighted by Gasteiger charge is -2.11. The van der Waals surface area contributed by atoms with Gasteiger partial charge in [0.15, 0.2) is 0 Å². The third-order valence-electron chi connectivity index (χ3n) is 2.64. The van der Waals surface area contributed by atoms with Crippen LogP contribution in [0.5, 0.6) is 0 Å². The van der Waals surface area contributed by atoms with E-state index < -0.39 is 11.7 Å². The molecule has 2 aromatic rings. The second-order valence-corrected chi connectivity index (χ2v) is 3.89. The number of benzene rings is 2. The highest BCUT2D eigenvalue weighted by Crippen LogP contribution is 2.35. The van der Waals surface area contributed by atoms with Gasteiger partial charge in [0.05, 0.1) is 16.9 Å². The van der Waals surface area contributed by atoms with Crippen LogP contribution in [-0.2, 0) is 6.18 Å². The van der Waals surface area contributed by atoms with Crippen LogP contribution in [0.1, 0.15) is 5.56 Å². The summed E-state index contributed by atoms with van der Waals surface area (Å²) < 4.78 is 37.8. The molecule has 0 aliphatic rings. The molecule has 2 aromatic carbocycles. The molecule has 18 heavy (non-hydrogen) atoms. The van der Waals surface area contributed by atoms with Gasteiger partial charge >= 0.3 is 6.18 Å². The fourth-order valence-electron chi connectivity index (χ4n) is 1.70. The molecule has 0 saturated carbocycles. The first-order valence-electron chi connectivity index (χ1n) is 5.21. The lowest BCUT2D eigenvalue weighted by atomic mass is 10.0. The first kappa shape index (κ1) is 12.3. The van der Waals surface area contributed by atoms with Gasteiger partial charge in [-0.3, -0.25) is 0 Å². The van der Waals surface area contributed by atoms with Crippen molar-refractivity contribution < 1.29 is 13.2 Å². The number of hydrogen-bond acceptors (Lipinski definition) is 2. The summed E-state index contributed by atoms with van der Waals surface area (Å²) >= 11 is 0.